The smallest absolute Gasteiger partial charge is 0.280 e. The predicted octanol–water partition coefficient (Wildman–Crippen LogP) is 5.31. The Morgan fingerprint density at radius 1 is 0.951 bits per heavy atom. The molecule has 0 atom stereocenters. The predicted molar refractivity (Wildman–Crippen MR) is 154 cm³/mol. The van der Waals surface area contributed by atoms with Gasteiger partial charge in [0.25, 0.3) is 17.5 Å². The van der Waals surface area contributed by atoms with Crippen LogP contribution in [0.1, 0.15) is 27.2 Å². The molecule has 4 rings (SSSR count). The van der Waals surface area contributed by atoms with E-state index in [1.54, 1.807) is 74.9 Å². The highest BCUT2D eigenvalue weighted by atomic mass is 16.6. The van der Waals surface area contributed by atoms with Gasteiger partial charge in [-0.15, -0.1) is 0 Å². The largest absolute Gasteiger partial charge is 0.493 e. The Morgan fingerprint density at radius 3 is 2.39 bits per heavy atom. The molecule has 4 aromatic rings. The number of nitrogens with one attached hydrogen (secondary N) is 2. The van der Waals surface area contributed by atoms with Crippen molar-refractivity contribution in [2.75, 3.05) is 20.8 Å². The Balaban J connectivity index is 1.56. The van der Waals surface area contributed by atoms with Gasteiger partial charge in [-0.3, -0.25) is 19.7 Å². The second-order valence-corrected chi connectivity index (χ2v) is 9.05. The summed E-state index contributed by atoms with van der Waals surface area (Å²) in [4.78, 5) is 37.2. The lowest BCUT2D eigenvalue weighted by molar-refractivity contribution is -0.384. The molecule has 10 heteroatoms. The Bertz CT molecular complexity index is 1590. The van der Waals surface area contributed by atoms with Crippen LogP contribution in [0, 0.1) is 17.0 Å². The number of rotatable bonds is 11. The van der Waals surface area contributed by atoms with E-state index in [0.717, 1.165) is 11.1 Å². The summed E-state index contributed by atoms with van der Waals surface area (Å²) in [6, 6.07) is 21.7. The van der Waals surface area contributed by atoms with Crippen LogP contribution in [0.15, 0.2) is 89.0 Å². The Hall–Kier alpha value is -5.38. The quantitative estimate of drug-likeness (QED) is 0.146. The van der Waals surface area contributed by atoms with E-state index in [1.807, 2.05) is 19.1 Å². The summed E-state index contributed by atoms with van der Waals surface area (Å²) in [5.74, 6) is 0.651. The number of hydrogen-bond donors (Lipinski definition) is 2. The van der Waals surface area contributed by atoms with Crippen LogP contribution in [0.5, 0.6) is 11.5 Å². The van der Waals surface area contributed by atoms with E-state index < -0.39 is 16.7 Å². The molecular weight excluding hydrogens is 526 g/mol. The fourth-order valence-electron chi connectivity index (χ4n) is 4.07. The van der Waals surface area contributed by atoms with Crippen LogP contribution < -0.4 is 20.1 Å². The average molecular weight is 556 g/mol. The molecule has 0 aliphatic carbocycles. The van der Waals surface area contributed by atoms with Crippen LogP contribution in [0.3, 0.4) is 0 Å². The van der Waals surface area contributed by atoms with Crippen LogP contribution in [0.4, 0.5) is 5.69 Å². The van der Waals surface area contributed by atoms with Crippen LogP contribution in [0.25, 0.3) is 17.4 Å². The first-order valence-corrected chi connectivity index (χ1v) is 12.7. The van der Waals surface area contributed by atoms with Crippen molar-refractivity contribution in [1.29, 1.82) is 0 Å². The van der Waals surface area contributed by atoms with Gasteiger partial charge < -0.3 is 24.5 Å². The molecule has 41 heavy (non-hydrogen) atoms. The van der Waals surface area contributed by atoms with Gasteiger partial charge in [-0.25, -0.2) is 0 Å². The maximum atomic E-state index is 13.2. The molecule has 0 aliphatic rings. The molecule has 0 unspecified atom stereocenters. The van der Waals surface area contributed by atoms with Gasteiger partial charge in [0.2, 0.25) is 0 Å². The monoisotopic (exact) mass is 555 g/mol. The first-order valence-electron chi connectivity index (χ1n) is 12.7. The molecule has 0 saturated carbocycles. The SMILES string of the molecule is COc1ccc(CCNC(=O)C(=Cc2ccc(-c3ccccc3[N+](=O)[O-])o2)NC(=O)c2ccc(C)cc2)cc1OC. The molecule has 2 N–H and O–H groups in total. The van der Waals surface area contributed by atoms with E-state index in [2.05, 4.69) is 10.6 Å². The van der Waals surface area contributed by atoms with Crippen molar-refractivity contribution < 1.29 is 28.4 Å². The number of hydrogen-bond acceptors (Lipinski definition) is 7. The van der Waals surface area contributed by atoms with E-state index in [4.69, 9.17) is 13.9 Å². The van der Waals surface area contributed by atoms with Gasteiger partial charge in [0.15, 0.2) is 11.5 Å². The number of carbonyl (C=O) groups excluding carboxylic acids is 2. The molecule has 0 saturated heterocycles. The summed E-state index contributed by atoms with van der Waals surface area (Å²) < 4.78 is 16.4. The van der Waals surface area contributed by atoms with E-state index >= 15 is 0 Å². The van der Waals surface area contributed by atoms with Crippen LogP contribution in [-0.4, -0.2) is 37.5 Å². The summed E-state index contributed by atoms with van der Waals surface area (Å²) in [5, 5.41) is 16.9. The van der Waals surface area contributed by atoms with Crippen LogP contribution in [0.2, 0.25) is 0 Å². The molecule has 0 fully saturated rings. The number of methoxy groups -OCH3 is 2. The fraction of sp³-hybridized carbons (Fsp3) is 0.161. The lowest BCUT2D eigenvalue weighted by Crippen LogP contribution is -2.35. The highest BCUT2D eigenvalue weighted by Crippen LogP contribution is 2.31. The number of para-hydroxylation sites is 1. The maximum absolute atomic E-state index is 13.2. The number of benzene rings is 3. The number of nitro groups is 1. The highest BCUT2D eigenvalue weighted by molar-refractivity contribution is 6.05. The molecule has 210 valence electrons. The van der Waals surface area contributed by atoms with Crippen molar-refractivity contribution in [3.8, 4) is 22.8 Å². The number of ether oxygens (including phenoxy) is 2. The Morgan fingerprint density at radius 2 is 1.68 bits per heavy atom. The zero-order chi connectivity index (χ0) is 29.4. The van der Waals surface area contributed by atoms with Crippen molar-refractivity contribution in [3.63, 3.8) is 0 Å². The summed E-state index contributed by atoms with van der Waals surface area (Å²) in [6.45, 7) is 2.18. The van der Waals surface area contributed by atoms with Gasteiger partial charge in [-0.2, -0.15) is 0 Å². The number of aryl methyl sites for hydroxylation is 1. The number of nitro benzene ring substituents is 1. The Kier molecular flexibility index (Phi) is 9.16. The Labute approximate surface area is 236 Å². The lowest BCUT2D eigenvalue weighted by atomic mass is 10.1. The molecular formula is C31H29N3O7. The van der Waals surface area contributed by atoms with E-state index in [0.29, 0.717) is 29.0 Å². The molecule has 3 aromatic carbocycles. The van der Waals surface area contributed by atoms with Gasteiger partial charge in [0.05, 0.1) is 24.7 Å². The van der Waals surface area contributed by atoms with Crippen molar-refractivity contribution in [2.24, 2.45) is 0 Å². The number of furan rings is 1. The van der Waals surface area contributed by atoms with Crippen LogP contribution in [-0.2, 0) is 11.2 Å². The minimum Gasteiger partial charge on any atom is -0.493 e. The summed E-state index contributed by atoms with van der Waals surface area (Å²) in [5.41, 5.74) is 2.41. The molecule has 1 heterocycles. The standard InChI is InChI=1S/C31H29N3O7/c1-20-8-11-22(12-9-20)30(35)33-25(31(36)32-17-16-21-10-14-28(39-2)29(18-21)40-3)19-23-13-15-27(41-23)24-6-4-5-7-26(24)34(37)38/h4-15,18-19H,16-17H2,1-3H3,(H,32,36)(H,33,35). The average Bonchev–Trinajstić information content (AvgIpc) is 3.45. The van der Waals surface area contributed by atoms with Gasteiger partial charge in [-0.1, -0.05) is 35.9 Å². The normalized spacial score (nSPS) is 11.0. The molecule has 0 spiro atoms. The van der Waals surface area contributed by atoms with E-state index in [9.17, 15) is 19.7 Å². The minimum atomic E-state index is -0.533. The van der Waals surface area contributed by atoms with Crippen molar-refractivity contribution >= 4 is 23.6 Å². The number of nitrogens with zero attached hydrogens (tertiary/aromatic N) is 1. The third kappa shape index (κ3) is 7.18. The van der Waals surface area contributed by atoms with Gasteiger partial charge in [0.1, 0.15) is 17.2 Å². The van der Waals surface area contributed by atoms with Gasteiger partial charge in [0, 0.05) is 24.3 Å². The van der Waals surface area contributed by atoms with Crippen LogP contribution >= 0.6 is 0 Å². The third-order valence-electron chi connectivity index (χ3n) is 6.23. The summed E-state index contributed by atoms with van der Waals surface area (Å²) in [6.07, 6.45) is 1.88. The van der Waals surface area contributed by atoms with Crippen molar-refractivity contribution in [3.05, 3.63) is 117 Å². The summed E-state index contributed by atoms with van der Waals surface area (Å²) >= 11 is 0. The third-order valence-corrected chi connectivity index (χ3v) is 6.23. The molecule has 1 aromatic heterocycles. The van der Waals surface area contributed by atoms with E-state index in [1.165, 1.54) is 12.1 Å². The molecule has 0 radical (unpaired) electrons. The van der Waals surface area contributed by atoms with Crippen molar-refractivity contribution in [1.82, 2.24) is 10.6 Å². The molecule has 0 aliphatic heterocycles. The minimum absolute atomic E-state index is 0.0497. The fourth-order valence-corrected chi connectivity index (χ4v) is 4.07. The topological polar surface area (TPSA) is 133 Å². The molecule has 10 nitrogen and oxygen atoms in total. The maximum Gasteiger partial charge on any atom is 0.280 e. The molecule has 0 bridgehead atoms. The second kappa shape index (κ2) is 13.1. The highest BCUT2D eigenvalue weighted by Gasteiger charge is 2.19. The van der Waals surface area contributed by atoms with E-state index in [-0.39, 0.29) is 29.4 Å². The zero-order valence-corrected chi connectivity index (χ0v) is 22.8. The summed E-state index contributed by atoms with van der Waals surface area (Å²) in [7, 11) is 3.10. The first-order chi connectivity index (χ1) is 19.8. The lowest BCUT2D eigenvalue weighted by Gasteiger charge is -2.12. The molecule has 2 amide bonds. The van der Waals surface area contributed by atoms with Gasteiger partial charge in [-0.05, 0) is 61.4 Å². The van der Waals surface area contributed by atoms with Gasteiger partial charge >= 0.3 is 0 Å². The number of carbonyl (C=O) groups is 2. The second-order valence-electron chi connectivity index (χ2n) is 9.05. The zero-order valence-electron chi connectivity index (χ0n) is 22.8. The number of amides is 2. The first kappa shape index (κ1) is 28.6. The van der Waals surface area contributed by atoms with Crippen molar-refractivity contribution in [2.45, 2.75) is 13.3 Å².